The number of aromatic nitrogens is 2. The first-order valence-corrected chi connectivity index (χ1v) is 5.13. The summed E-state index contributed by atoms with van der Waals surface area (Å²) in [5.41, 5.74) is 0.231. The lowest BCUT2D eigenvalue weighted by molar-refractivity contribution is -0.0885. The van der Waals surface area contributed by atoms with Crippen molar-refractivity contribution in [1.29, 1.82) is 0 Å². The van der Waals surface area contributed by atoms with E-state index in [1.54, 1.807) is 30.3 Å². The van der Waals surface area contributed by atoms with E-state index in [4.69, 9.17) is 0 Å². The van der Waals surface area contributed by atoms with Crippen molar-refractivity contribution < 1.29 is 18.0 Å². The molecule has 0 aliphatic carbocycles. The summed E-state index contributed by atoms with van der Waals surface area (Å²) in [7, 11) is 0. The number of carbonyl (C=O) groups is 1. The van der Waals surface area contributed by atoms with Crippen LogP contribution in [0.3, 0.4) is 0 Å². The van der Waals surface area contributed by atoms with Gasteiger partial charge in [0.15, 0.2) is 0 Å². The molecule has 0 aliphatic heterocycles. The first-order valence-electron chi connectivity index (χ1n) is 5.13. The minimum Gasteiger partial charge on any atom is -0.284 e. The van der Waals surface area contributed by atoms with E-state index in [0.717, 1.165) is 6.20 Å². The number of nitrogens with zero attached hydrogens (tertiary/aromatic N) is 2. The highest BCUT2D eigenvalue weighted by Crippen LogP contribution is 2.23. The van der Waals surface area contributed by atoms with Gasteiger partial charge in [0, 0.05) is 6.20 Å². The standard InChI is InChI=1S/C12H9F3N2O/c1-8-10(11(18)12(13,14)15)7-17(16-8)9-5-3-2-4-6-9/h2-7H,1H3. The van der Waals surface area contributed by atoms with E-state index < -0.39 is 17.5 Å². The Bertz CT molecular complexity index is 573. The van der Waals surface area contributed by atoms with Gasteiger partial charge in [-0.3, -0.25) is 4.79 Å². The number of benzene rings is 1. The number of para-hydroxylation sites is 1. The number of hydrogen-bond donors (Lipinski definition) is 0. The number of ketones is 1. The maximum atomic E-state index is 12.3. The van der Waals surface area contributed by atoms with Crippen molar-refractivity contribution in [1.82, 2.24) is 9.78 Å². The normalized spacial score (nSPS) is 11.6. The first-order chi connectivity index (χ1) is 8.39. The molecule has 3 nitrogen and oxygen atoms in total. The van der Waals surface area contributed by atoms with Crippen LogP contribution in [0.4, 0.5) is 13.2 Å². The SMILES string of the molecule is Cc1nn(-c2ccccc2)cc1C(=O)C(F)(F)F. The van der Waals surface area contributed by atoms with Crippen molar-refractivity contribution in [3.63, 3.8) is 0 Å². The minimum atomic E-state index is -4.88. The van der Waals surface area contributed by atoms with Crippen LogP contribution in [0.15, 0.2) is 36.5 Å². The van der Waals surface area contributed by atoms with Crippen LogP contribution in [0.1, 0.15) is 16.1 Å². The second kappa shape index (κ2) is 4.29. The molecule has 1 aromatic carbocycles. The van der Waals surface area contributed by atoms with E-state index in [2.05, 4.69) is 5.10 Å². The molecule has 18 heavy (non-hydrogen) atoms. The average Bonchev–Trinajstić information content (AvgIpc) is 2.70. The molecule has 0 bridgehead atoms. The highest BCUT2D eigenvalue weighted by atomic mass is 19.4. The number of aryl methyl sites for hydroxylation is 1. The molecule has 1 aromatic heterocycles. The molecule has 2 rings (SSSR count). The van der Waals surface area contributed by atoms with Gasteiger partial charge < -0.3 is 0 Å². The molecule has 0 saturated heterocycles. The molecule has 0 saturated carbocycles. The summed E-state index contributed by atoms with van der Waals surface area (Å²) in [5.74, 6) is -1.87. The second-order valence-corrected chi connectivity index (χ2v) is 3.74. The monoisotopic (exact) mass is 254 g/mol. The van der Waals surface area contributed by atoms with E-state index in [1.165, 1.54) is 11.6 Å². The molecule has 6 heteroatoms. The van der Waals surface area contributed by atoms with Gasteiger partial charge in [0.25, 0.3) is 5.78 Å². The van der Waals surface area contributed by atoms with Crippen LogP contribution >= 0.6 is 0 Å². The molecule has 0 unspecified atom stereocenters. The van der Waals surface area contributed by atoms with Crippen LogP contribution in [-0.4, -0.2) is 21.7 Å². The minimum absolute atomic E-state index is 0.0566. The predicted molar refractivity (Wildman–Crippen MR) is 58.7 cm³/mol. The molecule has 2 aromatic rings. The molecular formula is C12H9F3N2O. The van der Waals surface area contributed by atoms with E-state index >= 15 is 0 Å². The molecule has 0 N–H and O–H groups in total. The van der Waals surface area contributed by atoms with E-state index in [0.29, 0.717) is 5.69 Å². The van der Waals surface area contributed by atoms with Gasteiger partial charge >= 0.3 is 6.18 Å². The third-order valence-electron chi connectivity index (χ3n) is 2.42. The molecule has 0 spiro atoms. The molecule has 0 fully saturated rings. The average molecular weight is 254 g/mol. The third kappa shape index (κ3) is 2.27. The highest BCUT2D eigenvalue weighted by Gasteiger charge is 2.41. The van der Waals surface area contributed by atoms with E-state index in [-0.39, 0.29) is 5.69 Å². The van der Waals surface area contributed by atoms with Gasteiger partial charge in [-0.25, -0.2) is 4.68 Å². The Morgan fingerprint density at radius 3 is 2.39 bits per heavy atom. The first kappa shape index (κ1) is 12.3. The summed E-state index contributed by atoms with van der Waals surface area (Å²) in [6.07, 6.45) is -3.78. The summed E-state index contributed by atoms with van der Waals surface area (Å²) in [6.45, 7) is 1.37. The van der Waals surface area contributed by atoms with Crippen molar-refractivity contribution in [3.05, 3.63) is 47.8 Å². The summed E-state index contributed by atoms with van der Waals surface area (Å²) >= 11 is 0. The fourth-order valence-corrected chi connectivity index (χ4v) is 1.55. The van der Waals surface area contributed by atoms with Crippen LogP contribution in [0.2, 0.25) is 0 Å². The fourth-order valence-electron chi connectivity index (χ4n) is 1.55. The summed E-state index contributed by atoms with van der Waals surface area (Å²) in [5, 5.41) is 3.91. The van der Waals surface area contributed by atoms with Crippen molar-refractivity contribution in [2.45, 2.75) is 13.1 Å². The lowest BCUT2D eigenvalue weighted by Crippen LogP contribution is -2.22. The Hall–Kier alpha value is -2.11. The molecule has 94 valence electrons. The van der Waals surface area contributed by atoms with Gasteiger partial charge in [0.05, 0.1) is 16.9 Å². The van der Waals surface area contributed by atoms with Crippen molar-refractivity contribution in [2.75, 3.05) is 0 Å². The highest BCUT2D eigenvalue weighted by molar-refractivity contribution is 6.01. The number of alkyl halides is 3. The topological polar surface area (TPSA) is 34.9 Å². The van der Waals surface area contributed by atoms with Crippen LogP contribution in [0.25, 0.3) is 5.69 Å². The van der Waals surface area contributed by atoms with Crippen molar-refractivity contribution in [2.24, 2.45) is 0 Å². The van der Waals surface area contributed by atoms with E-state index in [1.807, 2.05) is 0 Å². The van der Waals surface area contributed by atoms with Gasteiger partial charge in [-0.1, -0.05) is 18.2 Å². The number of hydrogen-bond acceptors (Lipinski definition) is 2. The number of rotatable bonds is 2. The van der Waals surface area contributed by atoms with Gasteiger partial charge in [-0.2, -0.15) is 18.3 Å². The van der Waals surface area contributed by atoms with Crippen LogP contribution in [0, 0.1) is 6.92 Å². The Morgan fingerprint density at radius 2 is 1.83 bits per heavy atom. The van der Waals surface area contributed by atoms with Gasteiger partial charge in [-0.15, -0.1) is 0 Å². The zero-order valence-electron chi connectivity index (χ0n) is 9.40. The van der Waals surface area contributed by atoms with E-state index in [9.17, 15) is 18.0 Å². The quantitative estimate of drug-likeness (QED) is 0.772. The Balaban J connectivity index is 2.43. The largest absolute Gasteiger partial charge is 0.454 e. The summed E-state index contributed by atoms with van der Waals surface area (Å²) in [4.78, 5) is 11.2. The van der Waals surface area contributed by atoms with Gasteiger partial charge in [0.2, 0.25) is 0 Å². The number of carbonyl (C=O) groups excluding carboxylic acids is 1. The molecule has 1 heterocycles. The molecule has 0 radical (unpaired) electrons. The summed E-state index contributed by atoms with van der Waals surface area (Å²) in [6, 6.07) is 8.62. The maximum Gasteiger partial charge on any atom is 0.454 e. The molecular weight excluding hydrogens is 245 g/mol. The Labute approximate surface area is 101 Å². The molecule has 0 amide bonds. The second-order valence-electron chi connectivity index (χ2n) is 3.74. The maximum absolute atomic E-state index is 12.3. The van der Waals surface area contributed by atoms with Crippen LogP contribution in [-0.2, 0) is 0 Å². The molecule has 0 atom stereocenters. The number of halogens is 3. The van der Waals surface area contributed by atoms with Gasteiger partial charge in [0.1, 0.15) is 0 Å². The zero-order chi connectivity index (χ0) is 13.3. The fraction of sp³-hybridized carbons (Fsp3) is 0.167. The molecule has 0 aliphatic rings. The van der Waals surface area contributed by atoms with Crippen LogP contribution in [0.5, 0.6) is 0 Å². The predicted octanol–water partition coefficient (Wildman–Crippen LogP) is 2.93. The smallest absolute Gasteiger partial charge is 0.284 e. The lowest BCUT2D eigenvalue weighted by Gasteiger charge is -2.02. The lowest BCUT2D eigenvalue weighted by atomic mass is 10.2. The van der Waals surface area contributed by atoms with Crippen molar-refractivity contribution >= 4 is 5.78 Å². The van der Waals surface area contributed by atoms with Crippen LogP contribution < -0.4 is 0 Å². The number of Topliss-reactive ketones (excluding diaryl/α,β-unsaturated/α-hetero) is 1. The van der Waals surface area contributed by atoms with Gasteiger partial charge in [-0.05, 0) is 19.1 Å². The zero-order valence-corrected chi connectivity index (χ0v) is 9.40. The van der Waals surface area contributed by atoms with Crippen molar-refractivity contribution in [3.8, 4) is 5.69 Å². The Kier molecular flexibility index (Phi) is 2.94. The Morgan fingerprint density at radius 1 is 1.22 bits per heavy atom. The summed E-state index contributed by atoms with van der Waals surface area (Å²) < 4.78 is 38.3. The third-order valence-corrected chi connectivity index (χ3v) is 2.42.